The molecule has 1 fully saturated rings. The van der Waals surface area contributed by atoms with Crippen molar-refractivity contribution in [2.24, 2.45) is 0 Å². The number of hydrogen-bond donors (Lipinski definition) is 0. The summed E-state index contributed by atoms with van der Waals surface area (Å²) in [6.07, 6.45) is 2.70. The molecular weight excluding hydrogens is 200 g/mol. The molecule has 0 aromatic carbocycles. The lowest BCUT2D eigenvalue weighted by Crippen LogP contribution is -2.22. The Balaban J connectivity index is 1.97. The van der Waals surface area contributed by atoms with Crippen molar-refractivity contribution in [2.75, 3.05) is 13.1 Å². The molecule has 0 radical (unpaired) electrons. The van der Waals surface area contributed by atoms with E-state index in [1.807, 2.05) is 4.68 Å². The van der Waals surface area contributed by atoms with Gasteiger partial charge in [0.1, 0.15) is 12.2 Å². The minimum atomic E-state index is 0.313. The van der Waals surface area contributed by atoms with Gasteiger partial charge in [0.15, 0.2) is 0 Å². The summed E-state index contributed by atoms with van der Waals surface area (Å²) in [4.78, 5) is 6.57. The first-order chi connectivity index (χ1) is 6.79. The summed E-state index contributed by atoms with van der Waals surface area (Å²) in [6.45, 7) is 5.87. The van der Waals surface area contributed by atoms with Crippen LogP contribution in [0, 0.1) is 0 Å². The van der Waals surface area contributed by atoms with E-state index < -0.39 is 0 Å². The van der Waals surface area contributed by atoms with E-state index in [9.17, 15) is 0 Å². The molecule has 0 spiro atoms. The summed E-state index contributed by atoms with van der Waals surface area (Å²) in [7, 11) is 0. The molecule has 1 unspecified atom stereocenters. The maximum absolute atomic E-state index is 6.04. The van der Waals surface area contributed by atoms with Gasteiger partial charge in [0.25, 0.3) is 0 Å². The van der Waals surface area contributed by atoms with Gasteiger partial charge in [-0.15, -0.1) is 11.6 Å². The van der Waals surface area contributed by atoms with Crippen LogP contribution in [0.25, 0.3) is 0 Å². The molecule has 2 rings (SSSR count). The van der Waals surface area contributed by atoms with Crippen molar-refractivity contribution in [3.8, 4) is 0 Å². The predicted molar refractivity (Wildman–Crippen MR) is 55.2 cm³/mol. The maximum atomic E-state index is 6.04. The number of aryl methyl sites for hydroxylation is 1. The molecule has 2 heterocycles. The smallest absolute Gasteiger partial charge is 0.140 e. The van der Waals surface area contributed by atoms with Gasteiger partial charge in [-0.3, -0.25) is 4.90 Å². The number of hydrogen-bond acceptors (Lipinski definition) is 3. The zero-order valence-electron chi connectivity index (χ0n) is 8.36. The Morgan fingerprint density at radius 3 is 3.14 bits per heavy atom. The largest absolute Gasteiger partial charge is 0.294 e. The molecule has 5 heteroatoms. The van der Waals surface area contributed by atoms with Crippen molar-refractivity contribution in [1.82, 2.24) is 19.7 Å². The summed E-state index contributed by atoms with van der Waals surface area (Å²) in [6, 6.07) is 0. The fourth-order valence-electron chi connectivity index (χ4n) is 1.80. The second kappa shape index (κ2) is 4.28. The summed E-state index contributed by atoms with van der Waals surface area (Å²) < 4.78 is 1.93. The van der Waals surface area contributed by atoms with Crippen LogP contribution in [0.2, 0.25) is 0 Å². The molecular formula is C9H15ClN4. The number of aromatic nitrogens is 3. The standard InChI is InChI=1S/C9H15ClN4/c1-2-14-9(11-7-12-14)6-13-4-3-8(10)5-13/h7-8H,2-6H2,1H3. The highest BCUT2D eigenvalue weighted by molar-refractivity contribution is 6.20. The van der Waals surface area contributed by atoms with Crippen LogP contribution in [-0.2, 0) is 13.1 Å². The zero-order valence-corrected chi connectivity index (χ0v) is 9.11. The van der Waals surface area contributed by atoms with Crippen LogP contribution in [0.3, 0.4) is 0 Å². The monoisotopic (exact) mass is 214 g/mol. The van der Waals surface area contributed by atoms with Crippen LogP contribution in [0.4, 0.5) is 0 Å². The lowest BCUT2D eigenvalue weighted by molar-refractivity contribution is 0.315. The summed E-state index contributed by atoms with van der Waals surface area (Å²) in [5, 5.41) is 4.45. The van der Waals surface area contributed by atoms with Gasteiger partial charge in [0.05, 0.1) is 6.54 Å². The van der Waals surface area contributed by atoms with E-state index in [1.54, 1.807) is 6.33 Å². The number of halogens is 1. The topological polar surface area (TPSA) is 34.0 Å². The third-order valence-corrected chi connectivity index (χ3v) is 2.93. The van der Waals surface area contributed by atoms with Gasteiger partial charge in [-0.05, 0) is 13.3 Å². The molecule has 0 saturated carbocycles. The van der Waals surface area contributed by atoms with Gasteiger partial charge < -0.3 is 0 Å². The fraction of sp³-hybridized carbons (Fsp3) is 0.778. The molecule has 1 aliphatic rings. The van der Waals surface area contributed by atoms with Crippen LogP contribution in [0.15, 0.2) is 6.33 Å². The molecule has 14 heavy (non-hydrogen) atoms. The summed E-state index contributed by atoms with van der Waals surface area (Å²) >= 11 is 6.04. The minimum Gasteiger partial charge on any atom is -0.294 e. The Hall–Kier alpha value is -0.610. The molecule has 0 bridgehead atoms. The van der Waals surface area contributed by atoms with Crippen LogP contribution in [0.1, 0.15) is 19.2 Å². The van der Waals surface area contributed by atoms with Crippen molar-refractivity contribution in [2.45, 2.75) is 31.8 Å². The quantitative estimate of drug-likeness (QED) is 0.707. The summed E-state index contributed by atoms with van der Waals surface area (Å²) in [5.74, 6) is 1.04. The van der Waals surface area contributed by atoms with Gasteiger partial charge in [-0.2, -0.15) is 5.10 Å². The van der Waals surface area contributed by atoms with E-state index >= 15 is 0 Å². The van der Waals surface area contributed by atoms with Crippen LogP contribution in [0.5, 0.6) is 0 Å². The molecule has 1 atom stereocenters. The predicted octanol–water partition coefficient (Wildman–Crippen LogP) is 1.11. The normalized spacial score (nSPS) is 23.1. The Labute approximate surface area is 88.9 Å². The number of likely N-dealkylation sites (tertiary alicyclic amines) is 1. The first-order valence-electron chi connectivity index (χ1n) is 5.02. The average Bonchev–Trinajstić information content (AvgIpc) is 2.76. The average molecular weight is 215 g/mol. The van der Waals surface area contributed by atoms with E-state index in [4.69, 9.17) is 11.6 Å². The van der Waals surface area contributed by atoms with E-state index in [-0.39, 0.29) is 0 Å². The van der Waals surface area contributed by atoms with Crippen LogP contribution in [-0.4, -0.2) is 38.1 Å². The van der Waals surface area contributed by atoms with Crippen molar-refractivity contribution in [3.05, 3.63) is 12.2 Å². The SMILES string of the molecule is CCn1ncnc1CN1CCC(Cl)C1. The second-order valence-electron chi connectivity index (χ2n) is 3.61. The number of alkyl halides is 1. The van der Waals surface area contributed by atoms with Crippen molar-refractivity contribution in [3.63, 3.8) is 0 Å². The first-order valence-corrected chi connectivity index (χ1v) is 5.46. The van der Waals surface area contributed by atoms with E-state index in [0.29, 0.717) is 5.38 Å². The molecule has 1 aliphatic heterocycles. The third kappa shape index (κ3) is 2.07. The highest BCUT2D eigenvalue weighted by Gasteiger charge is 2.21. The van der Waals surface area contributed by atoms with Gasteiger partial charge in [-0.1, -0.05) is 0 Å². The highest BCUT2D eigenvalue weighted by Crippen LogP contribution is 2.16. The van der Waals surface area contributed by atoms with Crippen molar-refractivity contribution in [1.29, 1.82) is 0 Å². The number of rotatable bonds is 3. The van der Waals surface area contributed by atoms with E-state index in [0.717, 1.165) is 38.4 Å². The Bertz CT molecular complexity index is 299. The van der Waals surface area contributed by atoms with Crippen molar-refractivity contribution >= 4 is 11.6 Å². The third-order valence-electron chi connectivity index (χ3n) is 2.58. The van der Waals surface area contributed by atoms with Crippen LogP contribution < -0.4 is 0 Å². The van der Waals surface area contributed by atoms with Gasteiger partial charge in [0.2, 0.25) is 0 Å². The summed E-state index contributed by atoms with van der Waals surface area (Å²) in [5.41, 5.74) is 0. The van der Waals surface area contributed by atoms with E-state index in [2.05, 4.69) is 21.9 Å². The van der Waals surface area contributed by atoms with Gasteiger partial charge in [0, 0.05) is 25.0 Å². The first kappa shape index (κ1) is 9.93. The Morgan fingerprint density at radius 1 is 1.64 bits per heavy atom. The van der Waals surface area contributed by atoms with Crippen molar-refractivity contribution < 1.29 is 0 Å². The molecule has 0 N–H and O–H groups in total. The molecule has 1 aromatic rings. The maximum Gasteiger partial charge on any atom is 0.140 e. The van der Waals surface area contributed by atoms with Gasteiger partial charge in [-0.25, -0.2) is 9.67 Å². The number of nitrogens with zero attached hydrogens (tertiary/aromatic N) is 4. The molecule has 0 amide bonds. The molecule has 1 saturated heterocycles. The minimum absolute atomic E-state index is 0.313. The van der Waals surface area contributed by atoms with Gasteiger partial charge >= 0.3 is 0 Å². The Morgan fingerprint density at radius 2 is 2.50 bits per heavy atom. The fourth-order valence-corrected chi connectivity index (χ4v) is 2.10. The Kier molecular flexibility index (Phi) is 3.03. The molecule has 0 aliphatic carbocycles. The second-order valence-corrected chi connectivity index (χ2v) is 4.23. The van der Waals surface area contributed by atoms with E-state index in [1.165, 1.54) is 0 Å². The van der Waals surface area contributed by atoms with Crippen LogP contribution >= 0.6 is 11.6 Å². The molecule has 1 aromatic heterocycles. The highest BCUT2D eigenvalue weighted by atomic mass is 35.5. The molecule has 78 valence electrons. The zero-order chi connectivity index (χ0) is 9.97. The lowest BCUT2D eigenvalue weighted by atomic mass is 10.4. The lowest BCUT2D eigenvalue weighted by Gasteiger charge is -2.14. The molecule has 4 nitrogen and oxygen atoms in total.